The first-order valence-electron chi connectivity index (χ1n) is 8.90. The van der Waals surface area contributed by atoms with Gasteiger partial charge in [0.05, 0.1) is 12.6 Å². The number of carbonyl (C=O) groups excluding carboxylic acids is 1. The molecule has 2 N–H and O–H groups in total. The summed E-state index contributed by atoms with van der Waals surface area (Å²) < 4.78 is 10.7. The first kappa shape index (κ1) is 18.4. The molecule has 3 atom stereocenters. The standard InChI is InChI=1S/C21H25NO4/c1-21(15-26-21)19(23)18(13-12-16-8-4-2-5-9-16)22-20(24)25-14-17-10-6-3-7-11-17/h2-11,18-19,23H,12-15H2,1H3,(H,22,24). The summed E-state index contributed by atoms with van der Waals surface area (Å²) in [5.74, 6) is 0. The molecule has 0 bridgehead atoms. The predicted molar refractivity (Wildman–Crippen MR) is 98.7 cm³/mol. The van der Waals surface area contributed by atoms with Crippen LogP contribution in [0.4, 0.5) is 4.79 Å². The minimum Gasteiger partial charge on any atom is -0.445 e. The molecule has 0 aromatic heterocycles. The maximum absolute atomic E-state index is 12.2. The molecule has 1 fully saturated rings. The SMILES string of the molecule is CC1(C(O)C(CCc2ccccc2)NC(=O)OCc2ccccc2)CO1. The van der Waals surface area contributed by atoms with Crippen molar-refractivity contribution in [3.8, 4) is 0 Å². The Morgan fingerprint density at radius 2 is 1.73 bits per heavy atom. The van der Waals surface area contributed by atoms with Gasteiger partial charge < -0.3 is 19.9 Å². The van der Waals surface area contributed by atoms with Gasteiger partial charge in [0.2, 0.25) is 0 Å². The van der Waals surface area contributed by atoms with E-state index in [1.165, 1.54) is 0 Å². The Morgan fingerprint density at radius 3 is 2.31 bits per heavy atom. The van der Waals surface area contributed by atoms with E-state index in [9.17, 15) is 9.90 Å². The molecule has 138 valence electrons. The van der Waals surface area contributed by atoms with Crippen LogP contribution in [0.5, 0.6) is 0 Å². The third-order valence-corrected chi connectivity index (χ3v) is 4.71. The Labute approximate surface area is 153 Å². The lowest BCUT2D eigenvalue weighted by molar-refractivity contribution is 0.0444. The zero-order valence-electron chi connectivity index (χ0n) is 14.9. The highest BCUT2D eigenvalue weighted by Gasteiger charge is 2.49. The Kier molecular flexibility index (Phi) is 5.91. The summed E-state index contributed by atoms with van der Waals surface area (Å²) >= 11 is 0. The fraction of sp³-hybridized carbons (Fsp3) is 0.381. The number of ether oxygens (including phenoxy) is 2. The normalized spacial score (nSPS) is 20.8. The monoisotopic (exact) mass is 355 g/mol. The van der Waals surface area contributed by atoms with Gasteiger partial charge in [-0.15, -0.1) is 0 Å². The van der Waals surface area contributed by atoms with Gasteiger partial charge in [0, 0.05) is 0 Å². The topological polar surface area (TPSA) is 71.1 Å². The van der Waals surface area contributed by atoms with Crippen molar-refractivity contribution in [3.05, 3.63) is 71.8 Å². The maximum atomic E-state index is 12.2. The van der Waals surface area contributed by atoms with E-state index < -0.39 is 23.8 Å². The van der Waals surface area contributed by atoms with E-state index in [1.54, 1.807) is 0 Å². The summed E-state index contributed by atoms with van der Waals surface area (Å²) in [5, 5.41) is 13.4. The summed E-state index contributed by atoms with van der Waals surface area (Å²) in [5.41, 5.74) is 1.49. The molecular formula is C21H25NO4. The molecule has 3 rings (SSSR count). The second kappa shape index (κ2) is 8.34. The lowest BCUT2D eigenvalue weighted by Gasteiger charge is -2.26. The number of aliphatic hydroxyl groups is 1. The molecule has 0 aliphatic carbocycles. The fourth-order valence-electron chi connectivity index (χ4n) is 2.90. The van der Waals surface area contributed by atoms with Gasteiger partial charge in [-0.1, -0.05) is 60.7 Å². The van der Waals surface area contributed by atoms with E-state index >= 15 is 0 Å². The van der Waals surface area contributed by atoms with Crippen molar-refractivity contribution in [1.82, 2.24) is 5.32 Å². The minimum absolute atomic E-state index is 0.196. The highest BCUT2D eigenvalue weighted by Crippen LogP contribution is 2.32. The molecule has 5 nitrogen and oxygen atoms in total. The molecule has 1 saturated heterocycles. The number of amides is 1. The number of aryl methyl sites for hydroxylation is 1. The Morgan fingerprint density at radius 1 is 1.15 bits per heavy atom. The van der Waals surface area contributed by atoms with Gasteiger partial charge in [-0.05, 0) is 30.9 Å². The van der Waals surface area contributed by atoms with Gasteiger partial charge in [0.15, 0.2) is 0 Å². The van der Waals surface area contributed by atoms with Gasteiger partial charge in [0.25, 0.3) is 0 Å². The number of hydrogen-bond acceptors (Lipinski definition) is 4. The van der Waals surface area contributed by atoms with Gasteiger partial charge in [-0.25, -0.2) is 4.79 Å². The van der Waals surface area contributed by atoms with Crippen molar-refractivity contribution in [2.75, 3.05) is 6.61 Å². The van der Waals surface area contributed by atoms with Gasteiger partial charge in [-0.2, -0.15) is 0 Å². The van der Waals surface area contributed by atoms with Crippen molar-refractivity contribution in [2.24, 2.45) is 0 Å². The molecule has 0 radical (unpaired) electrons. The van der Waals surface area contributed by atoms with Crippen molar-refractivity contribution in [1.29, 1.82) is 0 Å². The average Bonchev–Trinajstić information content (AvgIpc) is 3.43. The lowest BCUT2D eigenvalue weighted by atomic mass is 9.93. The second-order valence-corrected chi connectivity index (χ2v) is 6.88. The second-order valence-electron chi connectivity index (χ2n) is 6.88. The third kappa shape index (κ3) is 5.07. The van der Waals surface area contributed by atoms with E-state index in [0.29, 0.717) is 13.0 Å². The van der Waals surface area contributed by atoms with Crippen LogP contribution in [0.1, 0.15) is 24.5 Å². The third-order valence-electron chi connectivity index (χ3n) is 4.71. The number of rotatable bonds is 8. The van der Waals surface area contributed by atoms with Crippen LogP contribution in [-0.2, 0) is 22.5 Å². The fourth-order valence-corrected chi connectivity index (χ4v) is 2.90. The first-order valence-corrected chi connectivity index (χ1v) is 8.90. The van der Waals surface area contributed by atoms with Gasteiger partial charge >= 0.3 is 6.09 Å². The number of benzene rings is 2. The minimum atomic E-state index is -0.782. The van der Waals surface area contributed by atoms with Crippen LogP contribution in [0, 0.1) is 0 Å². The highest BCUT2D eigenvalue weighted by molar-refractivity contribution is 5.67. The molecule has 1 heterocycles. The molecule has 2 aromatic carbocycles. The largest absolute Gasteiger partial charge is 0.445 e. The van der Waals surface area contributed by atoms with E-state index in [4.69, 9.17) is 9.47 Å². The number of aliphatic hydroxyl groups excluding tert-OH is 1. The first-order chi connectivity index (χ1) is 12.6. The van der Waals surface area contributed by atoms with Crippen LogP contribution < -0.4 is 5.32 Å². The smallest absolute Gasteiger partial charge is 0.407 e. The number of hydrogen-bond donors (Lipinski definition) is 2. The number of epoxide rings is 1. The maximum Gasteiger partial charge on any atom is 0.407 e. The summed E-state index contributed by atoms with van der Waals surface area (Å²) in [6.45, 7) is 2.54. The molecular weight excluding hydrogens is 330 g/mol. The van der Waals surface area contributed by atoms with E-state index in [1.807, 2.05) is 67.6 Å². The summed E-state index contributed by atoms with van der Waals surface area (Å²) in [6, 6.07) is 19.1. The molecule has 1 aliphatic rings. The predicted octanol–water partition coefficient (Wildman–Crippen LogP) is 3.06. The lowest BCUT2D eigenvalue weighted by Crippen LogP contribution is -2.49. The van der Waals surface area contributed by atoms with Crippen LogP contribution in [0.25, 0.3) is 0 Å². The Hall–Kier alpha value is -2.37. The van der Waals surface area contributed by atoms with Gasteiger partial charge in [-0.3, -0.25) is 0 Å². The molecule has 5 heteroatoms. The number of alkyl carbamates (subject to hydrolysis) is 1. The summed E-state index contributed by atoms with van der Waals surface area (Å²) in [4.78, 5) is 12.2. The zero-order valence-corrected chi connectivity index (χ0v) is 14.9. The van der Waals surface area contributed by atoms with Crippen LogP contribution in [-0.4, -0.2) is 35.6 Å². The van der Waals surface area contributed by atoms with E-state index in [-0.39, 0.29) is 6.61 Å². The van der Waals surface area contributed by atoms with Crippen molar-refractivity contribution in [2.45, 2.75) is 44.1 Å². The Bertz CT molecular complexity index is 700. The zero-order chi connectivity index (χ0) is 18.4. The van der Waals surface area contributed by atoms with Crippen LogP contribution >= 0.6 is 0 Å². The van der Waals surface area contributed by atoms with Crippen molar-refractivity contribution in [3.63, 3.8) is 0 Å². The highest BCUT2D eigenvalue weighted by atomic mass is 16.6. The Balaban J connectivity index is 1.56. The summed E-state index contributed by atoms with van der Waals surface area (Å²) in [6.07, 6.45) is 0.0352. The van der Waals surface area contributed by atoms with Crippen LogP contribution in [0.2, 0.25) is 0 Å². The molecule has 1 aliphatic heterocycles. The van der Waals surface area contributed by atoms with Crippen molar-refractivity contribution < 1.29 is 19.4 Å². The molecule has 26 heavy (non-hydrogen) atoms. The van der Waals surface area contributed by atoms with E-state index in [0.717, 1.165) is 17.5 Å². The molecule has 2 aromatic rings. The summed E-state index contributed by atoms with van der Waals surface area (Å²) in [7, 11) is 0. The molecule has 3 unspecified atom stereocenters. The van der Waals surface area contributed by atoms with E-state index in [2.05, 4.69) is 5.32 Å². The van der Waals surface area contributed by atoms with Gasteiger partial charge in [0.1, 0.15) is 18.3 Å². The molecule has 0 saturated carbocycles. The number of nitrogens with one attached hydrogen (secondary N) is 1. The molecule has 0 spiro atoms. The van der Waals surface area contributed by atoms with Crippen LogP contribution in [0.3, 0.4) is 0 Å². The van der Waals surface area contributed by atoms with Crippen LogP contribution in [0.15, 0.2) is 60.7 Å². The quantitative estimate of drug-likeness (QED) is 0.714. The molecule has 1 amide bonds. The number of carbonyl (C=O) groups is 1. The average molecular weight is 355 g/mol. The van der Waals surface area contributed by atoms with Crippen molar-refractivity contribution >= 4 is 6.09 Å².